The zero-order valence-electron chi connectivity index (χ0n) is 11.8. The zero-order chi connectivity index (χ0) is 14.4. The first-order valence-electron chi connectivity index (χ1n) is 6.62. The molecule has 20 heavy (non-hydrogen) atoms. The molecular weight excluding hydrogens is 255 g/mol. The number of ether oxygens (including phenoxy) is 1. The van der Waals surface area contributed by atoms with Crippen LogP contribution in [0.3, 0.4) is 0 Å². The number of aromatic nitrogens is 1. The molecule has 2 aromatic rings. The van der Waals surface area contributed by atoms with Crippen molar-refractivity contribution in [3.05, 3.63) is 59.5 Å². The Morgan fingerprint density at radius 2 is 2.00 bits per heavy atom. The van der Waals surface area contributed by atoms with E-state index in [4.69, 9.17) is 4.74 Å². The number of nitrogens with zero attached hydrogens (tertiary/aromatic N) is 1. The first kappa shape index (κ1) is 14.5. The molecular formula is C16H19FN2O. The van der Waals surface area contributed by atoms with Crippen LogP contribution in [0, 0.1) is 5.82 Å². The number of methoxy groups -OCH3 is 1. The van der Waals surface area contributed by atoms with Crippen LogP contribution in [0.5, 0.6) is 5.88 Å². The highest BCUT2D eigenvalue weighted by molar-refractivity contribution is 5.21. The van der Waals surface area contributed by atoms with E-state index in [0.29, 0.717) is 12.3 Å². The summed E-state index contributed by atoms with van der Waals surface area (Å²) in [5.41, 5.74) is 1.83. The van der Waals surface area contributed by atoms with Gasteiger partial charge >= 0.3 is 0 Å². The van der Waals surface area contributed by atoms with Crippen LogP contribution < -0.4 is 10.1 Å². The van der Waals surface area contributed by atoms with Crippen molar-refractivity contribution in [2.75, 3.05) is 14.2 Å². The molecule has 0 spiro atoms. The number of nitrogens with one attached hydrogen (secondary N) is 1. The van der Waals surface area contributed by atoms with Crippen molar-refractivity contribution >= 4 is 0 Å². The third kappa shape index (κ3) is 3.78. The van der Waals surface area contributed by atoms with Crippen molar-refractivity contribution in [2.45, 2.75) is 18.9 Å². The predicted molar refractivity (Wildman–Crippen MR) is 77.4 cm³/mol. The Morgan fingerprint density at radius 3 is 2.60 bits per heavy atom. The summed E-state index contributed by atoms with van der Waals surface area (Å²) in [6.07, 6.45) is 3.24. The molecule has 1 heterocycles. The van der Waals surface area contributed by atoms with Crippen LogP contribution >= 0.6 is 0 Å². The maximum atomic E-state index is 13.7. The van der Waals surface area contributed by atoms with E-state index in [2.05, 4.69) is 10.3 Å². The molecule has 1 atom stereocenters. The van der Waals surface area contributed by atoms with Crippen molar-refractivity contribution in [1.29, 1.82) is 0 Å². The summed E-state index contributed by atoms with van der Waals surface area (Å²) >= 11 is 0. The maximum absolute atomic E-state index is 13.7. The van der Waals surface area contributed by atoms with Gasteiger partial charge in [-0.3, -0.25) is 0 Å². The highest BCUT2D eigenvalue weighted by Crippen LogP contribution is 2.13. The highest BCUT2D eigenvalue weighted by atomic mass is 19.1. The number of likely N-dealkylation sites (N-methyl/N-ethyl adjacent to an activating group) is 1. The standard InChI is InChI=1S/C16H19FN2O/c1-18-14(10-13-5-3-4-6-15(13)17)9-12-7-8-16(20-2)19-11-12/h3-8,11,14,18H,9-10H2,1-2H3. The van der Waals surface area contributed by atoms with Crippen LogP contribution in [0.4, 0.5) is 4.39 Å². The fourth-order valence-electron chi connectivity index (χ4n) is 2.14. The Bertz CT molecular complexity index is 542. The summed E-state index contributed by atoms with van der Waals surface area (Å²) in [6.45, 7) is 0. The second-order valence-corrected chi connectivity index (χ2v) is 4.69. The Balaban J connectivity index is 2.03. The van der Waals surface area contributed by atoms with Gasteiger partial charge in [0, 0.05) is 18.3 Å². The number of benzene rings is 1. The lowest BCUT2D eigenvalue weighted by atomic mass is 10.00. The fourth-order valence-corrected chi connectivity index (χ4v) is 2.14. The third-order valence-corrected chi connectivity index (χ3v) is 3.32. The van der Waals surface area contributed by atoms with Crippen LogP contribution in [-0.4, -0.2) is 25.2 Å². The average molecular weight is 274 g/mol. The summed E-state index contributed by atoms with van der Waals surface area (Å²) < 4.78 is 18.7. The second kappa shape index (κ2) is 7.01. The van der Waals surface area contributed by atoms with Crippen LogP contribution in [0.2, 0.25) is 0 Å². The lowest BCUT2D eigenvalue weighted by molar-refractivity contribution is 0.397. The predicted octanol–water partition coefficient (Wildman–Crippen LogP) is 2.60. The van der Waals surface area contributed by atoms with Gasteiger partial charge in [0.15, 0.2) is 0 Å². The van der Waals surface area contributed by atoms with Gasteiger partial charge in [0.1, 0.15) is 5.82 Å². The van der Waals surface area contributed by atoms with Crippen molar-refractivity contribution in [3.8, 4) is 5.88 Å². The summed E-state index contributed by atoms with van der Waals surface area (Å²) in [6, 6.07) is 10.9. The minimum atomic E-state index is -0.152. The van der Waals surface area contributed by atoms with E-state index in [0.717, 1.165) is 17.5 Å². The molecule has 0 saturated carbocycles. The molecule has 1 aromatic carbocycles. The van der Waals surface area contributed by atoms with Crippen molar-refractivity contribution in [3.63, 3.8) is 0 Å². The van der Waals surface area contributed by atoms with Crippen LogP contribution in [0.1, 0.15) is 11.1 Å². The Kier molecular flexibility index (Phi) is 5.07. The van der Waals surface area contributed by atoms with Gasteiger partial charge in [0.2, 0.25) is 5.88 Å². The second-order valence-electron chi connectivity index (χ2n) is 4.69. The van der Waals surface area contributed by atoms with E-state index < -0.39 is 0 Å². The molecule has 106 valence electrons. The molecule has 0 fully saturated rings. The molecule has 0 saturated heterocycles. The quantitative estimate of drug-likeness (QED) is 0.879. The molecule has 1 aromatic heterocycles. The van der Waals surface area contributed by atoms with Gasteiger partial charge in [0.05, 0.1) is 7.11 Å². The molecule has 1 unspecified atom stereocenters. The lowest BCUT2D eigenvalue weighted by Gasteiger charge is -2.16. The fraction of sp³-hybridized carbons (Fsp3) is 0.312. The third-order valence-electron chi connectivity index (χ3n) is 3.32. The van der Waals surface area contributed by atoms with E-state index >= 15 is 0 Å². The molecule has 0 radical (unpaired) electrons. The summed E-state index contributed by atoms with van der Waals surface area (Å²) in [5.74, 6) is 0.449. The van der Waals surface area contributed by atoms with E-state index in [1.807, 2.05) is 31.3 Å². The van der Waals surface area contributed by atoms with E-state index in [1.54, 1.807) is 19.4 Å². The molecule has 0 aliphatic carbocycles. The van der Waals surface area contributed by atoms with Crippen molar-refractivity contribution in [2.24, 2.45) is 0 Å². The molecule has 0 bridgehead atoms. The van der Waals surface area contributed by atoms with E-state index in [-0.39, 0.29) is 11.9 Å². The summed E-state index contributed by atoms with van der Waals surface area (Å²) in [5, 5.41) is 3.23. The first-order chi connectivity index (χ1) is 9.72. The highest BCUT2D eigenvalue weighted by Gasteiger charge is 2.11. The van der Waals surface area contributed by atoms with Gasteiger partial charge in [-0.15, -0.1) is 0 Å². The molecule has 4 heteroatoms. The van der Waals surface area contributed by atoms with Crippen LogP contribution in [0.15, 0.2) is 42.6 Å². The first-order valence-corrected chi connectivity index (χ1v) is 6.62. The lowest BCUT2D eigenvalue weighted by Crippen LogP contribution is -2.30. The topological polar surface area (TPSA) is 34.1 Å². The Hall–Kier alpha value is -1.94. The molecule has 2 rings (SSSR count). The Morgan fingerprint density at radius 1 is 1.20 bits per heavy atom. The molecule has 0 aliphatic heterocycles. The van der Waals surface area contributed by atoms with E-state index in [1.165, 1.54) is 6.07 Å². The zero-order valence-corrected chi connectivity index (χ0v) is 11.8. The summed E-state index contributed by atoms with van der Waals surface area (Å²) in [7, 11) is 3.49. The normalized spacial score (nSPS) is 12.2. The SMILES string of the molecule is CNC(Cc1ccc(OC)nc1)Cc1ccccc1F. The molecule has 0 amide bonds. The number of hydrogen-bond acceptors (Lipinski definition) is 3. The van der Waals surface area contributed by atoms with Crippen molar-refractivity contribution < 1.29 is 9.13 Å². The minimum Gasteiger partial charge on any atom is -0.481 e. The minimum absolute atomic E-state index is 0.152. The van der Waals surface area contributed by atoms with Crippen molar-refractivity contribution in [1.82, 2.24) is 10.3 Å². The monoisotopic (exact) mass is 274 g/mol. The number of halogens is 1. The smallest absolute Gasteiger partial charge is 0.212 e. The van der Waals surface area contributed by atoms with Gasteiger partial charge in [-0.25, -0.2) is 9.37 Å². The number of pyridine rings is 1. The number of hydrogen-bond donors (Lipinski definition) is 1. The molecule has 0 aliphatic rings. The average Bonchev–Trinajstić information content (AvgIpc) is 2.49. The largest absolute Gasteiger partial charge is 0.481 e. The Labute approximate surface area is 118 Å². The molecule has 1 N–H and O–H groups in total. The van der Waals surface area contributed by atoms with Gasteiger partial charge in [0.25, 0.3) is 0 Å². The van der Waals surface area contributed by atoms with Crippen LogP contribution in [0.25, 0.3) is 0 Å². The number of rotatable bonds is 6. The van der Waals surface area contributed by atoms with Gasteiger partial charge in [-0.1, -0.05) is 24.3 Å². The molecule has 3 nitrogen and oxygen atoms in total. The summed E-state index contributed by atoms with van der Waals surface area (Å²) in [4.78, 5) is 4.19. The van der Waals surface area contributed by atoms with E-state index in [9.17, 15) is 4.39 Å². The van der Waals surface area contributed by atoms with Gasteiger partial charge < -0.3 is 10.1 Å². The maximum Gasteiger partial charge on any atom is 0.212 e. The van der Waals surface area contributed by atoms with Gasteiger partial charge in [-0.2, -0.15) is 0 Å². The van der Waals surface area contributed by atoms with Crippen LogP contribution in [-0.2, 0) is 12.8 Å². The van der Waals surface area contributed by atoms with Gasteiger partial charge in [-0.05, 0) is 37.1 Å².